The van der Waals surface area contributed by atoms with Crippen LogP contribution < -0.4 is 5.32 Å². The summed E-state index contributed by atoms with van der Waals surface area (Å²) >= 11 is 0. The summed E-state index contributed by atoms with van der Waals surface area (Å²) in [6.45, 7) is 6.08. The first-order valence-electron chi connectivity index (χ1n) is 9.55. The highest BCUT2D eigenvalue weighted by Gasteiger charge is 2.31. The molecule has 0 bridgehead atoms. The summed E-state index contributed by atoms with van der Waals surface area (Å²) in [5, 5.41) is 22.6. The molecule has 1 aliphatic rings. The monoisotopic (exact) mass is 381 g/mol. The average molecular weight is 381 g/mol. The molecule has 1 aliphatic carbocycles. The number of rotatable bonds is 5. The molecule has 28 heavy (non-hydrogen) atoms. The van der Waals surface area contributed by atoms with E-state index in [9.17, 15) is 14.7 Å². The Bertz CT molecular complexity index is 880. The van der Waals surface area contributed by atoms with Gasteiger partial charge in [-0.25, -0.2) is 4.79 Å². The summed E-state index contributed by atoms with van der Waals surface area (Å²) < 4.78 is 0. The number of carbonyl (C=O) groups is 2. The molecule has 2 aromatic rings. The zero-order chi connectivity index (χ0) is 20.5. The third-order valence-electron chi connectivity index (χ3n) is 5.06. The topological polar surface area (TPSA) is 86.6 Å². The van der Waals surface area contributed by atoms with Crippen LogP contribution in [-0.4, -0.2) is 22.1 Å². The Morgan fingerprint density at radius 3 is 2.39 bits per heavy atom. The average Bonchev–Trinajstić information content (AvgIpc) is 2.89. The van der Waals surface area contributed by atoms with Crippen LogP contribution in [0.1, 0.15) is 60.3 Å². The van der Waals surface area contributed by atoms with Crippen molar-refractivity contribution in [3.8, 4) is 0 Å². The molecule has 2 aromatic carbocycles. The molecular weight excluding hydrogens is 354 g/mol. The van der Waals surface area contributed by atoms with E-state index in [2.05, 4.69) is 5.32 Å². The van der Waals surface area contributed by atoms with Gasteiger partial charge in [0, 0.05) is 12.1 Å². The van der Waals surface area contributed by atoms with Gasteiger partial charge < -0.3 is 15.5 Å². The van der Waals surface area contributed by atoms with E-state index in [-0.39, 0.29) is 22.8 Å². The second-order valence-corrected chi connectivity index (χ2v) is 8.81. The van der Waals surface area contributed by atoms with Crippen LogP contribution in [0.15, 0.2) is 42.5 Å². The van der Waals surface area contributed by atoms with Crippen molar-refractivity contribution in [2.24, 2.45) is 11.3 Å². The summed E-state index contributed by atoms with van der Waals surface area (Å²) in [6, 6.07) is 12.5. The highest BCUT2D eigenvalue weighted by Crippen LogP contribution is 2.39. The third-order valence-corrected chi connectivity index (χ3v) is 5.06. The number of aliphatic hydroxyl groups is 1. The number of amides is 1. The van der Waals surface area contributed by atoms with Gasteiger partial charge in [0.15, 0.2) is 0 Å². The number of anilines is 1. The maximum Gasteiger partial charge on any atom is 0.335 e. The predicted molar refractivity (Wildman–Crippen MR) is 108 cm³/mol. The Morgan fingerprint density at radius 1 is 1.11 bits per heavy atom. The summed E-state index contributed by atoms with van der Waals surface area (Å²) in [5.41, 5.74) is 3.90. The SMILES string of the molecule is CC(C)(C)CC(=O)Nc1ccc2c(c1)CC(Cc1ccc(C(=O)O)cc1)C2O. The quantitative estimate of drug-likeness (QED) is 0.724. The minimum Gasteiger partial charge on any atom is -0.478 e. The number of aliphatic hydroxyl groups excluding tert-OH is 1. The van der Waals surface area contributed by atoms with Gasteiger partial charge >= 0.3 is 5.97 Å². The van der Waals surface area contributed by atoms with Gasteiger partial charge in [-0.15, -0.1) is 0 Å². The molecular formula is C23H27NO4. The summed E-state index contributed by atoms with van der Waals surface area (Å²) in [6.07, 6.45) is 1.28. The van der Waals surface area contributed by atoms with Crippen molar-refractivity contribution in [1.82, 2.24) is 0 Å². The third kappa shape index (κ3) is 4.78. The maximum absolute atomic E-state index is 12.2. The predicted octanol–water partition coefficient (Wildman–Crippen LogP) is 4.21. The number of carbonyl (C=O) groups excluding carboxylic acids is 1. The molecule has 3 N–H and O–H groups in total. The molecule has 0 radical (unpaired) electrons. The minimum absolute atomic E-state index is 0.0129. The molecule has 0 aromatic heterocycles. The van der Waals surface area contributed by atoms with Crippen LogP contribution >= 0.6 is 0 Å². The molecule has 0 aliphatic heterocycles. The summed E-state index contributed by atoms with van der Waals surface area (Å²) in [4.78, 5) is 23.1. The molecule has 0 heterocycles. The van der Waals surface area contributed by atoms with Crippen molar-refractivity contribution in [1.29, 1.82) is 0 Å². The number of carboxylic acids is 1. The second-order valence-electron chi connectivity index (χ2n) is 8.81. The first kappa shape index (κ1) is 20.1. The molecule has 0 spiro atoms. The summed E-state index contributed by atoms with van der Waals surface area (Å²) in [5.74, 6) is -0.923. The number of hydrogen-bond donors (Lipinski definition) is 3. The van der Waals surface area contributed by atoms with Crippen molar-refractivity contribution < 1.29 is 19.8 Å². The van der Waals surface area contributed by atoms with Crippen LogP contribution in [0.5, 0.6) is 0 Å². The van der Waals surface area contributed by atoms with Gasteiger partial charge in [0.25, 0.3) is 0 Å². The lowest BCUT2D eigenvalue weighted by molar-refractivity contribution is -0.117. The number of nitrogens with one attached hydrogen (secondary N) is 1. The smallest absolute Gasteiger partial charge is 0.335 e. The molecule has 3 rings (SSSR count). The number of aromatic carboxylic acids is 1. The van der Waals surface area contributed by atoms with Crippen LogP contribution in [0.25, 0.3) is 0 Å². The van der Waals surface area contributed by atoms with Gasteiger partial charge in [0.2, 0.25) is 5.91 Å². The number of fused-ring (bicyclic) bond motifs is 1. The second kappa shape index (κ2) is 7.76. The molecule has 5 nitrogen and oxygen atoms in total. The standard InChI is InChI=1S/C23H27NO4/c1-23(2,3)13-20(25)24-18-8-9-19-16(12-18)11-17(21(19)26)10-14-4-6-15(7-5-14)22(27)28/h4-9,12,17,21,26H,10-11,13H2,1-3H3,(H,24,25)(H,27,28). The Morgan fingerprint density at radius 2 is 1.79 bits per heavy atom. The van der Waals surface area contributed by atoms with Crippen LogP contribution in [-0.2, 0) is 17.6 Å². The van der Waals surface area contributed by atoms with E-state index in [1.165, 1.54) is 0 Å². The largest absolute Gasteiger partial charge is 0.478 e. The van der Waals surface area contributed by atoms with E-state index in [1.807, 2.05) is 39.0 Å². The van der Waals surface area contributed by atoms with E-state index in [4.69, 9.17) is 5.11 Å². The van der Waals surface area contributed by atoms with Crippen molar-refractivity contribution in [2.75, 3.05) is 5.32 Å². The van der Waals surface area contributed by atoms with Crippen molar-refractivity contribution in [3.05, 3.63) is 64.7 Å². The fourth-order valence-electron chi connectivity index (χ4n) is 3.75. The Hall–Kier alpha value is -2.66. The van der Waals surface area contributed by atoms with Gasteiger partial charge in [0.1, 0.15) is 0 Å². The van der Waals surface area contributed by atoms with Crippen LogP contribution in [0.3, 0.4) is 0 Å². The lowest BCUT2D eigenvalue weighted by Crippen LogP contribution is -2.19. The first-order chi connectivity index (χ1) is 13.1. The van der Waals surface area contributed by atoms with Gasteiger partial charge in [-0.2, -0.15) is 0 Å². The van der Waals surface area contributed by atoms with Gasteiger partial charge in [0.05, 0.1) is 11.7 Å². The Balaban J connectivity index is 1.67. The van der Waals surface area contributed by atoms with E-state index in [0.29, 0.717) is 12.8 Å². The maximum atomic E-state index is 12.2. The van der Waals surface area contributed by atoms with Crippen LogP contribution in [0.2, 0.25) is 0 Å². The van der Waals surface area contributed by atoms with Crippen molar-refractivity contribution >= 4 is 17.6 Å². The molecule has 5 heteroatoms. The fourth-order valence-corrected chi connectivity index (χ4v) is 3.75. The summed E-state index contributed by atoms with van der Waals surface area (Å²) in [7, 11) is 0. The lowest BCUT2D eigenvalue weighted by atomic mass is 9.92. The molecule has 0 saturated carbocycles. The molecule has 0 saturated heterocycles. The van der Waals surface area contributed by atoms with E-state index >= 15 is 0 Å². The van der Waals surface area contributed by atoms with E-state index in [1.54, 1.807) is 24.3 Å². The fraction of sp³-hybridized carbons (Fsp3) is 0.391. The highest BCUT2D eigenvalue weighted by molar-refractivity contribution is 5.91. The van der Waals surface area contributed by atoms with E-state index in [0.717, 1.165) is 28.8 Å². The molecule has 148 valence electrons. The number of hydrogen-bond acceptors (Lipinski definition) is 3. The normalized spacial score (nSPS) is 18.6. The highest BCUT2D eigenvalue weighted by atomic mass is 16.4. The molecule has 2 atom stereocenters. The zero-order valence-corrected chi connectivity index (χ0v) is 16.5. The molecule has 0 fully saturated rings. The Labute approximate surface area is 165 Å². The Kier molecular flexibility index (Phi) is 5.57. The zero-order valence-electron chi connectivity index (χ0n) is 16.5. The number of carboxylic acid groups (broad SMARTS) is 1. The van der Waals surface area contributed by atoms with Crippen molar-refractivity contribution in [2.45, 2.75) is 46.1 Å². The molecule has 2 unspecified atom stereocenters. The lowest BCUT2D eigenvalue weighted by Gasteiger charge is -2.17. The van der Waals surface area contributed by atoms with Crippen LogP contribution in [0.4, 0.5) is 5.69 Å². The first-order valence-corrected chi connectivity index (χ1v) is 9.55. The van der Waals surface area contributed by atoms with Gasteiger partial charge in [-0.3, -0.25) is 4.79 Å². The van der Waals surface area contributed by atoms with E-state index < -0.39 is 12.1 Å². The molecule has 1 amide bonds. The van der Waals surface area contributed by atoms with Gasteiger partial charge in [-0.05, 0) is 65.1 Å². The van der Waals surface area contributed by atoms with Crippen molar-refractivity contribution in [3.63, 3.8) is 0 Å². The minimum atomic E-state index is -0.944. The van der Waals surface area contributed by atoms with Gasteiger partial charge in [-0.1, -0.05) is 39.0 Å². The number of benzene rings is 2. The van der Waals surface area contributed by atoms with Crippen LogP contribution in [0, 0.1) is 11.3 Å².